The first kappa shape index (κ1) is 8.55. The van der Waals surface area contributed by atoms with E-state index >= 15 is 0 Å². The summed E-state index contributed by atoms with van der Waals surface area (Å²) in [5, 5.41) is 12.0. The summed E-state index contributed by atoms with van der Waals surface area (Å²) in [4.78, 5) is 0. The maximum Gasteiger partial charge on any atom is 0.0669 e. The second kappa shape index (κ2) is 4.35. The van der Waals surface area contributed by atoms with Crippen molar-refractivity contribution in [2.45, 2.75) is 38.6 Å². The van der Waals surface area contributed by atoms with Gasteiger partial charge < -0.3 is 5.32 Å². The summed E-state index contributed by atoms with van der Waals surface area (Å²) >= 11 is 0. The van der Waals surface area contributed by atoms with E-state index in [0.29, 0.717) is 0 Å². The van der Waals surface area contributed by atoms with E-state index < -0.39 is 0 Å². The first-order chi connectivity index (χ1) is 5.36. The largest absolute Gasteiger partial charge is 0.313 e. The Hall–Kier alpha value is -0.550. The first-order valence-corrected chi connectivity index (χ1v) is 4.49. The fraction of sp³-hybridized carbons (Fsp3) is 0.889. The highest BCUT2D eigenvalue weighted by Crippen LogP contribution is 2.18. The molecule has 62 valence electrons. The van der Waals surface area contributed by atoms with Gasteiger partial charge in [0.15, 0.2) is 0 Å². The van der Waals surface area contributed by atoms with Gasteiger partial charge in [-0.05, 0) is 19.3 Å². The van der Waals surface area contributed by atoms with Gasteiger partial charge in [0.25, 0.3) is 0 Å². The fourth-order valence-electron chi connectivity index (χ4n) is 1.20. The minimum atomic E-state index is 0.218. The van der Waals surface area contributed by atoms with Crippen molar-refractivity contribution in [2.75, 3.05) is 6.54 Å². The molecule has 0 aromatic rings. The Balaban J connectivity index is 2.05. The number of hydrogen-bond acceptors (Lipinski definition) is 2. The second-order valence-corrected chi connectivity index (χ2v) is 3.27. The van der Waals surface area contributed by atoms with Crippen molar-refractivity contribution in [2.24, 2.45) is 5.92 Å². The lowest BCUT2D eigenvalue weighted by Crippen LogP contribution is -2.37. The standard InChI is InChI=1S/C9H16N2/c1-2-8(6-10)7-11-9-4-3-5-9/h8-9,11H,2-5,7H2,1H3. The molecule has 1 atom stereocenters. The third kappa shape index (κ3) is 2.51. The zero-order valence-electron chi connectivity index (χ0n) is 7.14. The van der Waals surface area contributed by atoms with Gasteiger partial charge in [-0.1, -0.05) is 13.3 Å². The highest BCUT2D eigenvalue weighted by molar-refractivity contribution is 4.86. The summed E-state index contributed by atoms with van der Waals surface area (Å²) in [6, 6.07) is 3.01. The molecule has 1 N–H and O–H groups in total. The van der Waals surface area contributed by atoms with Crippen LogP contribution in [0.3, 0.4) is 0 Å². The van der Waals surface area contributed by atoms with E-state index in [1.54, 1.807) is 0 Å². The molecule has 1 unspecified atom stereocenters. The average molecular weight is 152 g/mol. The Bertz CT molecular complexity index is 144. The molecule has 0 bridgehead atoms. The van der Waals surface area contributed by atoms with Gasteiger partial charge in [-0.25, -0.2) is 0 Å². The summed E-state index contributed by atoms with van der Waals surface area (Å²) in [5.41, 5.74) is 0. The van der Waals surface area contributed by atoms with Crippen molar-refractivity contribution in [3.63, 3.8) is 0 Å². The molecule has 0 aromatic heterocycles. The van der Waals surface area contributed by atoms with Crippen LogP contribution in [-0.4, -0.2) is 12.6 Å². The molecule has 1 saturated carbocycles. The van der Waals surface area contributed by atoms with E-state index in [9.17, 15) is 0 Å². The maximum absolute atomic E-state index is 8.64. The molecule has 0 spiro atoms. The Kier molecular flexibility index (Phi) is 3.38. The fourth-order valence-corrected chi connectivity index (χ4v) is 1.20. The molecule has 0 aliphatic heterocycles. The highest BCUT2D eigenvalue weighted by atomic mass is 14.9. The van der Waals surface area contributed by atoms with Crippen LogP contribution in [0.15, 0.2) is 0 Å². The van der Waals surface area contributed by atoms with Crippen molar-refractivity contribution in [1.29, 1.82) is 5.26 Å². The summed E-state index contributed by atoms with van der Waals surface area (Å²) in [5.74, 6) is 0.218. The van der Waals surface area contributed by atoms with E-state index in [0.717, 1.165) is 19.0 Å². The van der Waals surface area contributed by atoms with Crippen LogP contribution in [0.25, 0.3) is 0 Å². The molecule has 0 aromatic carbocycles. The van der Waals surface area contributed by atoms with Gasteiger partial charge in [0.1, 0.15) is 0 Å². The SMILES string of the molecule is CCC(C#N)CNC1CCC1. The van der Waals surface area contributed by atoms with Gasteiger partial charge in [0.05, 0.1) is 12.0 Å². The minimum Gasteiger partial charge on any atom is -0.313 e. The monoisotopic (exact) mass is 152 g/mol. The maximum atomic E-state index is 8.64. The predicted molar refractivity (Wildman–Crippen MR) is 45.0 cm³/mol. The van der Waals surface area contributed by atoms with Crippen molar-refractivity contribution in [1.82, 2.24) is 5.32 Å². The van der Waals surface area contributed by atoms with Gasteiger partial charge in [0.2, 0.25) is 0 Å². The molecular weight excluding hydrogens is 136 g/mol. The Labute approximate surface area is 68.6 Å². The van der Waals surface area contributed by atoms with Crippen LogP contribution in [0, 0.1) is 17.2 Å². The normalized spacial score (nSPS) is 20.4. The van der Waals surface area contributed by atoms with E-state index in [-0.39, 0.29) is 5.92 Å². The van der Waals surface area contributed by atoms with E-state index in [1.165, 1.54) is 19.3 Å². The van der Waals surface area contributed by atoms with Crippen LogP contribution in [0.2, 0.25) is 0 Å². The number of nitrogens with one attached hydrogen (secondary N) is 1. The number of hydrogen-bond donors (Lipinski definition) is 1. The second-order valence-electron chi connectivity index (χ2n) is 3.27. The van der Waals surface area contributed by atoms with E-state index in [1.807, 2.05) is 0 Å². The molecule has 0 heterocycles. The van der Waals surface area contributed by atoms with Crippen molar-refractivity contribution >= 4 is 0 Å². The molecule has 0 amide bonds. The highest BCUT2D eigenvalue weighted by Gasteiger charge is 2.17. The number of rotatable bonds is 4. The third-order valence-electron chi connectivity index (χ3n) is 2.43. The Morgan fingerprint density at radius 3 is 2.73 bits per heavy atom. The van der Waals surface area contributed by atoms with Crippen LogP contribution >= 0.6 is 0 Å². The van der Waals surface area contributed by atoms with Gasteiger partial charge in [0, 0.05) is 12.6 Å². The van der Waals surface area contributed by atoms with E-state index in [4.69, 9.17) is 5.26 Å². The summed E-state index contributed by atoms with van der Waals surface area (Å²) in [6.07, 6.45) is 4.95. The van der Waals surface area contributed by atoms with Crippen molar-refractivity contribution in [3.8, 4) is 6.07 Å². The average Bonchev–Trinajstić information content (AvgIpc) is 1.95. The number of nitrogens with zero attached hydrogens (tertiary/aromatic N) is 1. The molecule has 0 saturated heterocycles. The first-order valence-electron chi connectivity index (χ1n) is 4.49. The van der Waals surface area contributed by atoms with Crippen LogP contribution in [-0.2, 0) is 0 Å². The van der Waals surface area contributed by atoms with E-state index in [2.05, 4.69) is 18.3 Å². The van der Waals surface area contributed by atoms with Gasteiger partial charge >= 0.3 is 0 Å². The molecule has 1 aliphatic rings. The topological polar surface area (TPSA) is 35.8 Å². The molecule has 0 radical (unpaired) electrons. The van der Waals surface area contributed by atoms with Crippen LogP contribution in [0.4, 0.5) is 0 Å². The van der Waals surface area contributed by atoms with Crippen molar-refractivity contribution in [3.05, 3.63) is 0 Å². The Morgan fingerprint density at radius 1 is 1.64 bits per heavy atom. The van der Waals surface area contributed by atoms with Crippen LogP contribution < -0.4 is 5.32 Å². The van der Waals surface area contributed by atoms with Crippen LogP contribution in [0.5, 0.6) is 0 Å². The number of nitriles is 1. The smallest absolute Gasteiger partial charge is 0.0669 e. The predicted octanol–water partition coefficient (Wildman–Crippen LogP) is 1.68. The summed E-state index contributed by atoms with van der Waals surface area (Å²) in [7, 11) is 0. The molecule has 11 heavy (non-hydrogen) atoms. The minimum absolute atomic E-state index is 0.218. The zero-order valence-corrected chi connectivity index (χ0v) is 7.14. The van der Waals surface area contributed by atoms with Gasteiger partial charge in [-0.3, -0.25) is 0 Å². The van der Waals surface area contributed by atoms with Crippen LogP contribution in [0.1, 0.15) is 32.6 Å². The van der Waals surface area contributed by atoms with Gasteiger partial charge in [-0.15, -0.1) is 0 Å². The quantitative estimate of drug-likeness (QED) is 0.665. The Morgan fingerprint density at radius 2 is 2.36 bits per heavy atom. The lowest BCUT2D eigenvalue weighted by molar-refractivity contribution is 0.327. The zero-order chi connectivity index (χ0) is 8.10. The molecule has 2 heteroatoms. The molecule has 1 fully saturated rings. The third-order valence-corrected chi connectivity index (χ3v) is 2.43. The molecule has 2 nitrogen and oxygen atoms in total. The molecule has 1 aliphatic carbocycles. The lowest BCUT2D eigenvalue weighted by Gasteiger charge is -2.27. The van der Waals surface area contributed by atoms with Gasteiger partial charge in [-0.2, -0.15) is 5.26 Å². The molecular formula is C9H16N2. The summed E-state index contributed by atoms with van der Waals surface area (Å²) in [6.45, 7) is 2.95. The van der Waals surface area contributed by atoms with Crippen molar-refractivity contribution < 1.29 is 0 Å². The summed E-state index contributed by atoms with van der Waals surface area (Å²) < 4.78 is 0. The lowest BCUT2D eigenvalue weighted by atomic mass is 9.92. The molecule has 1 rings (SSSR count).